The molecule has 0 radical (unpaired) electrons. The van der Waals surface area contributed by atoms with Crippen LogP contribution in [-0.2, 0) is 4.74 Å². The van der Waals surface area contributed by atoms with Crippen molar-refractivity contribution in [2.24, 2.45) is 0 Å². The third kappa shape index (κ3) is 2.27. The lowest BCUT2D eigenvalue weighted by atomic mass is 9.84. The minimum Gasteiger partial charge on any atom is -0.393 e. The van der Waals surface area contributed by atoms with Crippen molar-refractivity contribution in [3.05, 3.63) is 51.5 Å². The summed E-state index contributed by atoms with van der Waals surface area (Å²) < 4.78 is 6.56. The quantitative estimate of drug-likeness (QED) is 0.509. The molecule has 0 aromatic carbocycles. The van der Waals surface area contributed by atoms with Gasteiger partial charge in [-0.25, -0.2) is 4.79 Å². The molecule has 4 unspecified atom stereocenters. The molecular formula is C14H18N2O6. The van der Waals surface area contributed by atoms with Crippen LogP contribution in [0.25, 0.3) is 0 Å². The van der Waals surface area contributed by atoms with E-state index < -0.39 is 41.4 Å². The van der Waals surface area contributed by atoms with Crippen LogP contribution in [0.3, 0.4) is 0 Å². The van der Waals surface area contributed by atoms with E-state index >= 15 is 0 Å². The Balaban J connectivity index is 2.64. The second-order valence-electron chi connectivity index (χ2n) is 5.20. The maximum absolute atomic E-state index is 11.9. The van der Waals surface area contributed by atoms with Crippen molar-refractivity contribution in [1.29, 1.82) is 0 Å². The topological polar surface area (TPSA) is 125 Å². The van der Waals surface area contributed by atoms with Gasteiger partial charge in [0.1, 0.15) is 11.7 Å². The number of rotatable bonds is 4. The second-order valence-corrected chi connectivity index (χ2v) is 5.20. The van der Waals surface area contributed by atoms with Gasteiger partial charge < -0.3 is 20.1 Å². The van der Waals surface area contributed by atoms with Crippen molar-refractivity contribution in [2.45, 2.75) is 36.9 Å². The highest BCUT2D eigenvalue weighted by Crippen LogP contribution is 2.46. The number of H-pyrrole nitrogens is 1. The minimum absolute atomic E-state index is 0.187. The van der Waals surface area contributed by atoms with Gasteiger partial charge in [0.05, 0.1) is 6.61 Å². The highest BCUT2D eigenvalue weighted by Gasteiger charge is 2.62. The molecule has 1 saturated heterocycles. The summed E-state index contributed by atoms with van der Waals surface area (Å²) in [6, 6.07) is 1.08. The van der Waals surface area contributed by atoms with Gasteiger partial charge in [-0.05, 0) is 12.5 Å². The predicted molar refractivity (Wildman–Crippen MR) is 76.2 cm³/mol. The van der Waals surface area contributed by atoms with Crippen molar-refractivity contribution < 1.29 is 20.1 Å². The van der Waals surface area contributed by atoms with Crippen LogP contribution < -0.4 is 11.2 Å². The number of hydrogen-bond acceptors (Lipinski definition) is 6. The first-order chi connectivity index (χ1) is 10.3. The average molecular weight is 310 g/mol. The summed E-state index contributed by atoms with van der Waals surface area (Å²) in [5, 5.41) is 30.8. The van der Waals surface area contributed by atoms with Gasteiger partial charge in [0.25, 0.3) is 5.56 Å². The molecule has 1 aliphatic heterocycles. The summed E-state index contributed by atoms with van der Waals surface area (Å²) >= 11 is 0. The number of nitrogens with zero attached hydrogens (tertiary/aromatic N) is 1. The number of hydrogen-bond donors (Lipinski definition) is 4. The summed E-state index contributed by atoms with van der Waals surface area (Å²) in [7, 11) is 0. The van der Waals surface area contributed by atoms with E-state index in [1.165, 1.54) is 0 Å². The van der Waals surface area contributed by atoms with Crippen molar-refractivity contribution in [3.63, 3.8) is 0 Å². The van der Waals surface area contributed by atoms with Gasteiger partial charge in [0, 0.05) is 12.3 Å². The average Bonchev–Trinajstić information content (AvgIpc) is 2.70. The Morgan fingerprint density at radius 3 is 2.77 bits per heavy atom. The van der Waals surface area contributed by atoms with E-state index in [-0.39, 0.29) is 6.42 Å². The number of aromatic nitrogens is 2. The van der Waals surface area contributed by atoms with Gasteiger partial charge in [-0.3, -0.25) is 14.3 Å². The zero-order valence-corrected chi connectivity index (χ0v) is 12.0. The van der Waals surface area contributed by atoms with Crippen molar-refractivity contribution in [3.8, 4) is 0 Å². The molecule has 1 aliphatic rings. The molecule has 120 valence electrons. The van der Waals surface area contributed by atoms with Crippen LogP contribution in [0.2, 0.25) is 0 Å². The smallest absolute Gasteiger partial charge is 0.330 e. The summed E-state index contributed by atoms with van der Waals surface area (Å²) in [6.45, 7) is 4.45. The first-order valence-corrected chi connectivity index (χ1v) is 6.72. The van der Waals surface area contributed by atoms with Crippen LogP contribution in [0, 0.1) is 0 Å². The highest BCUT2D eigenvalue weighted by molar-refractivity contribution is 5.18. The Morgan fingerprint density at radius 1 is 1.59 bits per heavy atom. The molecule has 2 rings (SSSR count). The summed E-state index contributed by atoms with van der Waals surface area (Å²) in [4.78, 5) is 25.1. The lowest BCUT2D eigenvalue weighted by Gasteiger charge is -2.30. The molecule has 2 heterocycles. The Morgan fingerprint density at radius 2 is 2.27 bits per heavy atom. The standard InChI is InChI=1S/C14H18N2O6/c1-3-6-14(21)10(19)13(4-2,8-17)22-11(14)16-7-5-9(18)15-12(16)20/h5-7,10-11,17,19,21H,1,4,8H2,2H3,(H,15,18,20). The summed E-state index contributed by atoms with van der Waals surface area (Å²) in [5.74, 6) is 0. The third-order valence-electron chi connectivity index (χ3n) is 3.98. The monoisotopic (exact) mass is 310 g/mol. The van der Waals surface area contributed by atoms with Crippen molar-refractivity contribution in [1.82, 2.24) is 9.55 Å². The summed E-state index contributed by atoms with van der Waals surface area (Å²) in [5.41, 5.74) is -2.55. The molecule has 0 aliphatic carbocycles. The molecule has 4 atom stereocenters. The van der Waals surface area contributed by atoms with Gasteiger partial charge in [0.15, 0.2) is 11.8 Å². The molecule has 1 aromatic heterocycles. The highest BCUT2D eigenvalue weighted by atomic mass is 16.6. The van der Waals surface area contributed by atoms with E-state index in [1.807, 2.05) is 4.98 Å². The normalized spacial score (nSPS) is 34.4. The number of nitrogens with one attached hydrogen (secondary N) is 1. The molecule has 22 heavy (non-hydrogen) atoms. The molecular weight excluding hydrogens is 292 g/mol. The van der Waals surface area contributed by atoms with Crippen molar-refractivity contribution in [2.75, 3.05) is 6.61 Å². The molecule has 0 bridgehead atoms. The number of aliphatic hydroxyl groups excluding tert-OH is 2. The fourth-order valence-electron chi connectivity index (χ4n) is 2.66. The van der Waals surface area contributed by atoms with E-state index in [1.54, 1.807) is 6.92 Å². The van der Waals surface area contributed by atoms with Crippen LogP contribution in [-0.4, -0.2) is 48.8 Å². The van der Waals surface area contributed by atoms with Crippen molar-refractivity contribution >= 4 is 0 Å². The van der Waals surface area contributed by atoms with E-state index in [0.29, 0.717) is 0 Å². The SMILES string of the molecule is C=C=CC1(O)C(n2ccc(=O)[nH]c2=O)OC(CC)(CO)C1O. The fourth-order valence-corrected chi connectivity index (χ4v) is 2.66. The van der Waals surface area contributed by atoms with Gasteiger partial charge in [-0.1, -0.05) is 13.5 Å². The van der Waals surface area contributed by atoms with E-state index in [4.69, 9.17) is 4.74 Å². The first-order valence-electron chi connectivity index (χ1n) is 6.72. The molecule has 8 nitrogen and oxygen atoms in total. The molecule has 4 N–H and O–H groups in total. The maximum Gasteiger partial charge on any atom is 0.330 e. The summed E-state index contributed by atoms with van der Waals surface area (Å²) in [6.07, 6.45) is -0.468. The lowest BCUT2D eigenvalue weighted by molar-refractivity contribution is -0.132. The molecule has 1 fully saturated rings. The Kier molecular flexibility index (Phi) is 4.23. The molecule has 0 spiro atoms. The van der Waals surface area contributed by atoms with Crippen LogP contribution in [0.1, 0.15) is 19.6 Å². The van der Waals surface area contributed by atoms with Crippen LogP contribution in [0.5, 0.6) is 0 Å². The largest absolute Gasteiger partial charge is 0.393 e. The number of aliphatic hydroxyl groups is 3. The maximum atomic E-state index is 11.9. The lowest BCUT2D eigenvalue weighted by Crippen LogP contribution is -2.52. The zero-order chi connectivity index (χ0) is 16.5. The molecule has 0 amide bonds. The Labute approximate surface area is 125 Å². The van der Waals surface area contributed by atoms with Gasteiger partial charge in [0.2, 0.25) is 0 Å². The number of aromatic amines is 1. The second kappa shape index (κ2) is 5.68. The Bertz CT molecular complexity index is 713. The third-order valence-corrected chi connectivity index (χ3v) is 3.98. The van der Waals surface area contributed by atoms with Crippen LogP contribution >= 0.6 is 0 Å². The fraction of sp³-hybridized carbons (Fsp3) is 0.500. The molecule has 8 heteroatoms. The minimum atomic E-state index is -2.04. The van der Waals surface area contributed by atoms with Crippen LogP contribution in [0.4, 0.5) is 0 Å². The van der Waals surface area contributed by atoms with Gasteiger partial charge in [-0.2, -0.15) is 0 Å². The van der Waals surface area contributed by atoms with E-state index in [9.17, 15) is 24.9 Å². The Hall–Kier alpha value is -1.96. The molecule has 0 saturated carbocycles. The van der Waals surface area contributed by atoms with E-state index in [0.717, 1.165) is 22.9 Å². The van der Waals surface area contributed by atoms with E-state index in [2.05, 4.69) is 12.3 Å². The van der Waals surface area contributed by atoms with Crippen LogP contribution in [0.15, 0.2) is 40.2 Å². The van der Waals surface area contributed by atoms with Gasteiger partial charge >= 0.3 is 5.69 Å². The molecule has 1 aromatic rings. The predicted octanol–water partition coefficient (Wildman–Crippen LogP) is -1.36. The van der Waals surface area contributed by atoms with Gasteiger partial charge in [-0.15, -0.1) is 5.73 Å². The zero-order valence-electron chi connectivity index (χ0n) is 12.0. The first kappa shape index (κ1) is 16.4. The number of ether oxygens (including phenoxy) is 1.